The Morgan fingerprint density at radius 3 is 2.35 bits per heavy atom. The summed E-state index contributed by atoms with van der Waals surface area (Å²) in [6.45, 7) is 0. The van der Waals surface area contributed by atoms with Crippen LogP contribution >= 0.6 is 23.2 Å². The fraction of sp³-hybridized carbons (Fsp3) is 0.222. The molecule has 0 fully saturated rings. The summed E-state index contributed by atoms with van der Waals surface area (Å²) in [6.07, 6.45) is -5.57. The lowest BCUT2D eigenvalue weighted by atomic mass is 10.1. The van der Waals surface area contributed by atoms with E-state index < -0.39 is 29.9 Å². The number of aromatic nitrogens is 1. The van der Waals surface area contributed by atoms with Crippen LogP contribution in [0.25, 0.3) is 0 Å². The molecule has 0 aliphatic rings. The molecule has 8 heteroatoms. The Balaban J connectivity index is 2.94. The molecule has 0 saturated carbocycles. The van der Waals surface area contributed by atoms with Gasteiger partial charge in [-0.25, -0.2) is 4.98 Å². The van der Waals surface area contributed by atoms with Gasteiger partial charge in [0.2, 0.25) is 11.6 Å². The van der Waals surface area contributed by atoms with Crippen LogP contribution in [-0.4, -0.2) is 22.7 Å². The van der Waals surface area contributed by atoms with Gasteiger partial charge in [-0.15, -0.1) is 0 Å². The van der Waals surface area contributed by atoms with Crippen molar-refractivity contribution >= 4 is 34.8 Å². The normalized spacial score (nSPS) is 11.4. The number of carbonyl (C=O) groups excluding carboxylic acids is 2. The maximum atomic E-state index is 11.9. The lowest BCUT2D eigenvalue weighted by Crippen LogP contribution is -2.23. The second-order valence-corrected chi connectivity index (χ2v) is 3.87. The van der Waals surface area contributed by atoms with Gasteiger partial charge in [0.15, 0.2) is 0 Å². The van der Waals surface area contributed by atoms with Crippen LogP contribution in [0.5, 0.6) is 0 Å². The maximum absolute atomic E-state index is 11.9. The fourth-order valence-corrected chi connectivity index (χ4v) is 1.44. The summed E-state index contributed by atoms with van der Waals surface area (Å²) in [7, 11) is 0. The van der Waals surface area contributed by atoms with E-state index in [2.05, 4.69) is 4.98 Å². The molecule has 1 rings (SSSR count). The number of pyridine rings is 1. The Morgan fingerprint density at radius 1 is 1.29 bits per heavy atom. The van der Waals surface area contributed by atoms with Gasteiger partial charge >= 0.3 is 6.18 Å². The average molecular weight is 286 g/mol. The van der Waals surface area contributed by atoms with E-state index in [0.29, 0.717) is 0 Å². The Labute approximate surface area is 104 Å². The van der Waals surface area contributed by atoms with Crippen molar-refractivity contribution in [2.75, 3.05) is 0 Å². The van der Waals surface area contributed by atoms with Crippen molar-refractivity contribution in [2.45, 2.75) is 12.6 Å². The van der Waals surface area contributed by atoms with E-state index in [1.54, 1.807) is 0 Å². The molecule has 3 nitrogen and oxygen atoms in total. The number of hydrogen-bond donors (Lipinski definition) is 0. The monoisotopic (exact) mass is 285 g/mol. The Kier molecular flexibility index (Phi) is 4.11. The molecular formula is C9H4Cl2F3NO2. The molecule has 17 heavy (non-hydrogen) atoms. The van der Waals surface area contributed by atoms with Crippen LogP contribution in [0.15, 0.2) is 12.3 Å². The van der Waals surface area contributed by atoms with Crippen LogP contribution in [0.2, 0.25) is 10.0 Å². The third kappa shape index (κ3) is 3.98. The number of hydrogen-bond acceptors (Lipinski definition) is 3. The van der Waals surface area contributed by atoms with E-state index in [0.717, 1.165) is 12.3 Å². The van der Waals surface area contributed by atoms with Crippen molar-refractivity contribution in [3.63, 3.8) is 0 Å². The molecule has 0 aliphatic heterocycles. The molecule has 0 amide bonds. The second-order valence-electron chi connectivity index (χ2n) is 3.03. The maximum Gasteiger partial charge on any atom is 0.396 e. The molecule has 0 saturated heterocycles. The molecule has 0 bridgehead atoms. The van der Waals surface area contributed by atoms with Crippen molar-refractivity contribution in [1.29, 1.82) is 0 Å². The number of rotatable bonds is 3. The predicted molar refractivity (Wildman–Crippen MR) is 54.3 cm³/mol. The number of nitrogens with zero attached hydrogens (tertiary/aromatic N) is 1. The van der Waals surface area contributed by atoms with Crippen LogP contribution < -0.4 is 0 Å². The summed E-state index contributed by atoms with van der Waals surface area (Å²) in [5.74, 6) is -3.00. The molecule has 0 aliphatic carbocycles. The summed E-state index contributed by atoms with van der Waals surface area (Å²) in [4.78, 5) is 25.7. The van der Waals surface area contributed by atoms with Gasteiger partial charge in [-0.05, 0) is 6.07 Å². The first-order valence-electron chi connectivity index (χ1n) is 4.16. The van der Waals surface area contributed by atoms with Gasteiger partial charge < -0.3 is 0 Å². The molecule has 0 N–H and O–H groups in total. The number of alkyl halides is 3. The zero-order valence-electron chi connectivity index (χ0n) is 8.02. The standard InChI is InChI=1S/C9H4Cl2F3NO2/c10-4-1-5(11)7(15-3-4)8(17)6(16)2-9(12,13)14/h1,3H,2H2. The lowest BCUT2D eigenvalue weighted by molar-refractivity contribution is -0.149. The molecule has 1 heterocycles. The van der Waals surface area contributed by atoms with Crippen molar-refractivity contribution in [3.05, 3.63) is 28.0 Å². The van der Waals surface area contributed by atoms with Crippen LogP contribution in [0, 0.1) is 0 Å². The number of carbonyl (C=O) groups is 2. The average Bonchev–Trinajstić information content (AvgIpc) is 2.14. The van der Waals surface area contributed by atoms with Crippen LogP contribution in [-0.2, 0) is 4.79 Å². The molecule has 1 aromatic heterocycles. The molecule has 0 unspecified atom stereocenters. The molecule has 0 aromatic carbocycles. The Morgan fingerprint density at radius 2 is 1.88 bits per heavy atom. The molecule has 1 aromatic rings. The highest BCUT2D eigenvalue weighted by Crippen LogP contribution is 2.23. The van der Waals surface area contributed by atoms with Crippen LogP contribution in [0.4, 0.5) is 13.2 Å². The molecule has 0 atom stereocenters. The fourth-order valence-electron chi connectivity index (χ4n) is 0.976. The van der Waals surface area contributed by atoms with E-state index >= 15 is 0 Å². The predicted octanol–water partition coefficient (Wildman–Crippen LogP) is 3.09. The summed E-state index contributed by atoms with van der Waals surface area (Å²) >= 11 is 11.0. The topological polar surface area (TPSA) is 47.0 Å². The van der Waals surface area contributed by atoms with Gasteiger partial charge in [0.1, 0.15) is 12.1 Å². The zero-order chi connectivity index (χ0) is 13.2. The summed E-state index contributed by atoms with van der Waals surface area (Å²) in [5, 5.41) is -0.159. The van der Waals surface area contributed by atoms with Crippen molar-refractivity contribution in [3.8, 4) is 0 Å². The van der Waals surface area contributed by atoms with Gasteiger partial charge in [0.25, 0.3) is 0 Å². The van der Waals surface area contributed by atoms with Crippen LogP contribution in [0.1, 0.15) is 16.9 Å². The van der Waals surface area contributed by atoms with Gasteiger partial charge in [0.05, 0.1) is 10.0 Å². The van der Waals surface area contributed by atoms with Crippen molar-refractivity contribution in [1.82, 2.24) is 4.98 Å². The molecule has 0 radical (unpaired) electrons. The Bertz CT molecular complexity index is 474. The summed E-state index contributed by atoms with van der Waals surface area (Å²) in [6, 6.07) is 1.12. The van der Waals surface area contributed by atoms with E-state index in [4.69, 9.17) is 23.2 Å². The first-order valence-corrected chi connectivity index (χ1v) is 4.91. The second kappa shape index (κ2) is 5.01. The van der Waals surface area contributed by atoms with E-state index in [1.165, 1.54) is 0 Å². The summed E-state index contributed by atoms with van der Waals surface area (Å²) in [5.41, 5.74) is -0.537. The minimum Gasteiger partial charge on any atom is -0.290 e. The highest BCUT2D eigenvalue weighted by molar-refractivity contribution is 6.47. The van der Waals surface area contributed by atoms with Gasteiger partial charge in [-0.2, -0.15) is 13.2 Å². The molecule has 0 spiro atoms. The van der Waals surface area contributed by atoms with Crippen molar-refractivity contribution in [2.24, 2.45) is 0 Å². The highest BCUT2D eigenvalue weighted by Gasteiger charge is 2.35. The number of Topliss-reactive ketones (excluding diaryl/α,β-unsaturated/α-hetero) is 2. The van der Waals surface area contributed by atoms with E-state index in [9.17, 15) is 22.8 Å². The third-order valence-corrected chi connectivity index (χ3v) is 2.13. The van der Waals surface area contributed by atoms with Gasteiger partial charge in [-0.3, -0.25) is 9.59 Å². The molecule has 92 valence electrons. The minimum absolute atomic E-state index is 0.106. The van der Waals surface area contributed by atoms with Crippen LogP contribution in [0.3, 0.4) is 0 Å². The largest absolute Gasteiger partial charge is 0.396 e. The van der Waals surface area contributed by atoms with Crippen molar-refractivity contribution < 1.29 is 22.8 Å². The van der Waals surface area contributed by atoms with Gasteiger partial charge in [0, 0.05) is 6.20 Å². The Hall–Kier alpha value is -1.14. The minimum atomic E-state index is -4.74. The summed E-state index contributed by atoms with van der Waals surface area (Å²) < 4.78 is 35.7. The zero-order valence-corrected chi connectivity index (χ0v) is 9.53. The SMILES string of the molecule is O=C(CC(F)(F)F)C(=O)c1ncc(Cl)cc1Cl. The first kappa shape index (κ1) is 13.9. The van der Waals surface area contributed by atoms with E-state index in [-0.39, 0.29) is 10.0 Å². The smallest absolute Gasteiger partial charge is 0.290 e. The third-order valence-electron chi connectivity index (χ3n) is 1.64. The number of ketones is 2. The number of halogens is 5. The quantitative estimate of drug-likeness (QED) is 0.633. The van der Waals surface area contributed by atoms with E-state index in [1.807, 2.05) is 0 Å². The highest BCUT2D eigenvalue weighted by atomic mass is 35.5. The lowest BCUT2D eigenvalue weighted by Gasteiger charge is -2.05. The van der Waals surface area contributed by atoms with Gasteiger partial charge in [-0.1, -0.05) is 23.2 Å². The first-order chi connectivity index (χ1) is 7.70. The molecular weight excluding hydrogens is 282 g/mol.